The van der Waals surface area contributed by atoms with Crippen LogP contribution in [0.25, 0.3) is 0 Å². The number of aryl methyl sites for hydroxylation is 1. The largest absolute Gasteiger partial charge is 0.453 e. The summed E-state index contributed by atoms with van der Waals surface area (Å²) in [5.74, 6) is 0.724. The molecule has 0 spiro atoms. The lowest BCUT2D eigenvalue weighted by atomic mass is 10.1. The summed E-state index contributed by atoms with van der Waals surface area (Å²) in [6, 6.07) is 9.16. The zero-order valence-corrected chi connectivity index (χ0v) is 14.5. The Morgan fingerprint density at radius 1 is 1.16 bits per heavy atom. The highest BCUT2D eigenvalue weighted by atomic mass is 16.5. The van der Waals surface area contributed by atoms with Gasteiger partial charge in [-0.1, -0.05) is 12.1 Å². The Bertz CT molecular complexity index is 762. The summed E-state index contributed by atoms with van der Waals surface area (Å²) in [5, 5.41) is 5.19. The van der Waals surface area contributed by atoms with Gasteiger partial charge in [-0.3, -0.25) is 4.79 Å². The van der Waals surface area contributed by atoms with Crippen molar-refractivity contribution in [3.8, 4) is 11.6 Å². The molecular formula is C18H21N3O4. The van der Waals surface area contributed by atoms with E-state index in [0.29, 0.717) is 17.3 Å². The van der Waals surface area contributed by atoms with Crippen LogP contribution in [0.3, 0.4) is 0 Å². The monoisotopic (exact) mass is 343 g/mol. The Balaban J connectivity index is 2.04. The number of rotatable bonds is 6. The standard InChI is InChI=1S/C18H21N3O4/c1-12-6-4-8-15(13(12)2)25-17-14(7-5-10-19-17)21-16(22)9-11-20-18(23)24-3/h4-8,10H,9,11H2,1-3H3,(H,20,23)(H,21,22). The van der Waals surface area contributed by atoms with Gasteiger partial charge in [0, 0.05) is 19.2 Å². The number of methoxy groups -OCH3 is 1. The average Bonchev–Trinajstić information content (AvgIpc) is 2.60. The molecule has 2 aromatic rings. The van der Waals surface area contributed by atoms with Crippen molar-refractivity contribution in [2.24, 2.45) is 0 Å². The van der Waals surface area contributed by atoms with Gasteiger partial charge in [0.2, 0.25) is 11.8 Å². The Kier molecular flexibility index (Phi) is 6.33. The minimum atomic E-state index is -0.576. The summed E-state index contributed by atoms with van der Waals surface area (Å²) in [6.45, 7) is 4.13. The smallest absolute Gasteiger partial charge is 0.406 e. The summed E-state index contributed by atoms with van der Waals surface area (Å²) >= 11 is 0. The lowest BCUT2D eigenvalue weighted by Gasteiger charge is -2.13. The van der Waals surface area contributed by atoms with Crippen LogP contribution in [0.5, 0.6) is 11.6 Å². The predicted octanol–water partition coefficient (Wildman–Crippen LogP) is 3.18. The van der Waals surface area contributed by atoms with Crippen molar-refractivity contribution in [2.75, 3.05) is 19.0 Å². The molecule has 1 heterocycles. The third-order valence-electron chi connectivity index (χ3n) is 3.61. The van der Waals surface area contributed by atoms with Crippen molar-refractivity contribution in [2.45, 2.75) is 20.3 Å². The first-order valence-electron chi connectivity index (χ1n) is 7.82. The van der Waals surface area contributed by atoms with Crippen molar-refractivity contribution in [3.63, 3.8) is 0 Å². The number of aromatic nitrogens is 1. The van der Waals surface area contributed by atoms with Gasteiger partial charge in [-0.25, -0.2) is 9.78 Å². The first-order chi connectivity index (χ1) is 12.0. The second kappa shape index (κ2) is 8.68. The molecule has 1 aromatic carbocycles. The van der Waals surface area contributed by atoms with E-state index in [1.165, 1.54) is 7.11 Å². The first-order valence-corrected chi connectivity index (χ1v) is 7.82. The zero-order chi connectivity index (χ0) is 18.2. The van der Waals surface area contributed by atoms with Crippen LogP contribution >= 0.6 is 0 Å². The number of anilines is 1. The highest BCUT2D eigenvalue weighted by molar-refractivity contribution is 5.92. The number of amides is 2. The van der Waals surface area contributed by atoms with Crippen LogP contribution in [-0.2, 0) is 9.53 Å². The zero-order valence-electron chi connectivity index (χ0n) is 14.5. The van der Waals surface area contributed by atoms with Crippen LogP contribution in [-0.4, -0.2) is 30.6 Å². The van der Waals surface area contributed by atoms with Gasteiger partial charge in [0.15, 0.2) is 0 Å². The number of carbonyl (C=O) groups is 2. The van der Waals surface area contributed by atoms with E-state index in [2.05, 4.69) is 20.4 Å². The maximum atomic E-state index is 12.0. The number of nitrogens with zero attached hydrogens (tertiary/aromatic N) is 1. The maximum absolute atomic E-state index is 12.0. The number of hydrogen-bond donors (Lipinski definition) is 2. The van der Waals surface area contributed by atoms with Crippen LogP contribution < -0.4 is 15.4 Å². The molecule has 0 atom stereocenters. The molecule has 0 fully saturated rings. The van der Waals surface area contributed by atoms with Crippen molar-refractivity contribution < 1.29 is 19.1 Å². The molecule has 0 saturated carbocycles. The SMILES string of the molecule is COC(=O)NCCC(=O)Nc1cccnc1Oc1cccc(C)c1C. The molecule has 7 nitrogen and oxygen atoms in total. The number of carbonyl (C=O) groups excluding carboxylic acids is 2. The fourth-order valence-corrected chi connectivity index (χ4v) is 2.07. The molecule has 0 unspecified atom stereocenters. The molecule has 0 aliphatic heterocycles. The lowest BCUT2D eigenvalue weighted by molar-refractivity contribution is -0.116. The quantitative estimate of drug-likeness (QED) is 0.841. The normalized spacial score (nSPS) is 10.0. The molecule has 2 N–H and O–H groups in total. The second-order valence-electron chi connectivity index (χ2n) is 5.37. The van der Waals surface area contributed by atoms with Crippen LogP contribution in [0.1, 0.15) is 17.5 Å². The molecule has 0 bridgehead atoms. The van der Waals surface area contributed by atoms with Gasteiger partial charge in [0.25, 0.3) is 0 Å². The van der Waals surface area contributed by atoms with Gasteiger partial charge in [-0.15, -0.1) is 0 Å². The van der Waals surface area contributed by atoms with Crippen LogP contribution in [0.4, 0.5) is 10.5 Å². The fourth-order valence-electron chi connectivity index (χ4n) is 2.07. The van der Waals surface area contributed by atoms with Gasteiger partial charge in [-0.05, 0) is 43.2 Å². The summed E-state index contributed by atoms with van der Waals surface area (Å²) in [5.41, 5.74) is 2.58. The molecular weight excluding hydrogens is 322 g/mol. The van der Waals surface area contributed by atoms with Gasteiger partial charge < -0.3 is 20.1 Å². The summed E-state index contributed by atoms with van der Waals surface area (Å²) in [4.78, 5) is 27.2. The minimum absolute atomic E-state index is 0.104. The Labute approximate surface area is 146 Å². The maximum Gasteiger partial charge on any atom is 0.406 e. The van der Waals surface area contributed by atoms with E-state index in [-0.39, 0.29) is 18.9 Å². The molecule has 132 valence electrons. The summed E-state index contributed by atoms with van der Waals surface area (Å²) in [7, 11) is 1.27. The van der Waals surface area contributed by atoms with Crippen molar-refractivity contribution in [1.29, 1.82) is 0 Å². The van der Waals surface area contributed by atoms with Crippen molar-refractivity contribution in [1.82, 2.24) is 10.3 Å². The average molecular weight is 343 g/mol. The molecule has 2 rings (SSSR count). The number of pyridine rings is 1. The third kappa shape index (κ3) is 5.20. The van der Waals surface area contributed by atoms with E-state index in [1.54, 1.807) is 18.3 Å². The Morgan fingerprint density at radius 2 is 1.96 bits per heavy atom. The molecule has 7 heteroatoms. The van der Waals surface area contributed by atoms with E-state index in [0.717, 1.165) is 11.1 Å². The number of hydrogen-bond acceptors (Lipinski definition) is 5. The van der Waals surface area contributed by atoms with Gasteiger partial charge in [-0.2, -0.15) is 0 Å². The van der Waals surface area contributed by atoms with Gasteiger partial charge in [0.05, 0.1) is 7.11 Å². The molecule has 25 heavy (non-hydrogen) atoms. The van der Waals surface area contributed by atoms with Crippen molar-refractivity contribution in [3.05, 3.63) is 47.7 Å². The highest BCUT2D eigenvalue weighted by Crippen LogP contribution is 2.30. The van der Waals surface area contributed by atoms with Gasteiger partial charge >= 0.3 is 6.09 Å². The molecule has 2 amide bonds. The van der Waals surface area contributed by atoms with Crippen LogP contribution in [0.2, 0.25) is 0 Å². The summed E-state index contributed by atoms with van der Waals surface area (Å²) < 4.78 is 10.3. The Hall–Kier alpha value is -3.09. The lowest BCUT2D eigenvalue weighted by Crippen LogP contribution is -2.27. The van der Waals surface area contributed by atoms with E-state index >= 15 is 0 Å². The number of ether oxygens (including phenoxy) is 2. The molecule has 0 aliphatic carbocycles. The predicted molar refractivity (Wildman–Crippen MR) is 93.9 cm³/mol. The molecule has 0 radical (unpaired) electrons. The van der Waals surface area contributed by atoms with Crippen molar-refractivity contribution >= 4 is 17.7 Å². The van der Waals surface area contributed by atoms with Crippen LogP contribution in [0.15, 0.2) is 36.5 Å². The number of nitrogens with one attached hydrogen (secondary N) is 2. The van der Waals surface area contributed by atoms with E-state index in [9.17, 15) is 9.59 Å². The Morgan fingerprint density at radius 3 is 2.72 bits per heavy atom. The number of benzene rings is 1. The molecule has 0 saturated heterocycles. The fraction of sp³-hybridized carbons (Fsp3) is 0.278. The van der Waals surface area contributed by atoms with Crippen LogP contribution in [0, 0.1) is 13.8 Å². The first kappa shape index (κ1) is 18.3. The molecule has 1 aromatic heterocycles. The van der Waals surface area contributed by atoms with E-state index in [1.807, 2.05) is 32.0 Å². The van der Waals surface area contributed by atoms with Gasteiger partial charge in [0.1, 0.15) is 11.4 Å². The second-order valence-corrected chi connectivity index (χ2v) is 5.37. The topological polar surface area (TPSA) is 89.5 Å². The number of alkyl carbamates (subject to hydrolysis) is 1. The molecule has 0 aliphatic rings. The summed E-state index contributed by atoms with van der Waals surface area (Å²) in [6.07, 6.45) is 1.12. The van der Waals surface area contributed by atoms with E-state index < -0.39 is 6.09 Å². The van der Waals surface area contributed by atoms with E-state index in [4.69, 9.17) is 4.74 Å². The third-order valence-corrected chi connectivity index (χ3v) is 3.61. The minimum Gasteiger partial charge on any atom is -0.453 e. The highest BCUT2D eigenvalue weighted by Gasteiger charge is 2.12.